The van der Waals surface area contributed by atoms with Crippen molar-refractivity contribution < 1.29 is 27.2 Å². The smallest absolute Gasteiger partial charge is 0.332 e. The summed E-state index contributed by atoms with van der Waals surface area (Å²) >= 11 is 5.25. The van der Waals surface area contributed by atoms with E-state index in [4.69, 9.17) is 11.6 Å². The highest BCUT2D eigenvalue weighted by atomic mass is 35.5. The lowest BCUT2D eigenvalue weighted by atomic mass is 10.0. The number of nitrogens with zero attached hydrogens (tertiary/aromatic N) is 1. The normalized spacial score (nSPS) is 12.7. The fraction of sp³-hybridized carbons (Fsp3) is 0.818. The van der Waals surface area contributed by atoms with E-state index < -0.39 is 29.6 Å². The molecule has 0 aromatic rings. The molecule has 0 aromatic carbocycles. The quantitative estimate of drug-likeness (QED) is 0.559. The first-order valence-corrected chi connectivity index (χ1v) is 6.03. The molecule has 0 saturated carbocycles. The number of Topliss-reactive ketones (excluding diaryl/α,β-unsaturated/α-hetero) is 1. The first-order valence-electron chi connectivity index (χ1n) is 5.50. The van der Waals surface area contributed by atoms with Crippen molar-refractivity contribution in [2.24, 2.45) is 0 Å². The van der Waals surface area contributed by atoms with E-state index in [1.807, 2.05) is 0 Å². The summed E-state index contributed by atoms with van der Waals surface area (Å²) in [4.78, 5) is 23.1. The lowest BCUT2D eigenvalue weighted by Crippen LogP contribution is -2.55. The summed E-state index contributed by atoms with van der Waals surface area (Å²) in [7, 11) is 0. The molecule has 0 saturated heterocycles. The number of halogens is 5. The van der Waals surface area contributed by atoms with Crippen molar-refractivity contribution in [1.82, 2.24) is 4.90 Å². The molecule has 0 aliphatic carbocycles. The topological polar surface area (TPSA) is 37.4 Å². The minimum atomic E-state index is -4.77. The zero-order chi connectivity index (χ0) is 15.4. The van der Waals surface area contributed by atoms with Gasteiger partial charge in [-0.15, -0.1) is 11.6 Å². The Morgan fingerprint density at radius 1 is 1.21 bits per heavy atom. The van der Waals surface area contributed by atoms with E-state index in [2.05, 4.69) is 0 Å². The van der Waals surface area contributed by atoms with Crippen LogP contribution in [-0.4, -0.2) is 46.9 Å². The Kier molecular flexibility index (Phi) is 6.25. The van der Waals surface area contributed by atoms with Crippen LogP contribution in [0.1, 0.15) is 27.2 Å². The third kappa shape index (κ3) is 4.97. The highest BCUT2D eigenvalue weighted by molar-refractivity contribution is 6.27. The van der Waals surface area contributed by atoms with Crippen molar-refractivity contribution in [2.75, 3.05) is 12.4 Å². The Labute approximate surface area is 113 Å². The minimum Gasteiger partial charge on any atom is -0.332 e. The molecule has 0 unspecified atom stereocenters. The molecule has 0 aromatic heterocycles. The Bertz CT molecular complexity index is 342. The van der Waals surface area contributed by atoms with Gasteiger partial charge in [0.25, 0.3) is 5.91 Å². The second kappa shape index (κ2) is 6.54. The first-order chi connectivity index (χ1) is 8.44. The molecule has 19 heavy (non-hydrogen) atoms. The standard InChI is InChI=1S/C11H16ClF4NO2/c1-10(2,3)17(5-4-7(18)6-12)9(19)11(15,16)8(13)14/h8H,4-6H2,1-3H3. The van der Waals surface area contributed by atoms with E-state index in [1.165, 1.54) is 20.8 Å². The number of hydrogen-bond donors (Lipinski definition) is 0. The number of hydrogen-bond acceptors (Lipinski definition) is 2. The SMILES string of the molecule is CC(C)(C)N(CCC(=O)CCl)C(=O)C(F)(F)C(F)F. The fourth-order valence-corrected chi connectivity index (χ4v) is 1.45. The van der Waals surface area contributed by atoms with Crippen LogP contribution in [0, 0.1) is 0 Å². The van der Waals surface area contributed by atoms with Crippen molar-refractivity contribution in [3.05, 3.63) is 0 Å². The molecule has 0 N–H and O–H groups in total. The predicted octanol–water partition coefficient (Wildman–Crippen LogP) is 2.71. The van der Waals surface area contributed by atoms with E-state index >= 15 is 0 Å². The van der Waals surface area contributed by atoms with Crippen molar-refractivity contribution in [3.63, 3.8) is 0 Å². The monoisotopic (exact) mass is 305 g/mol. The molecule has 0 aliphatic heterocycles. The van der Waals surface area contributed by atoms with Gasteiger partial charge in [-0.1, -0.05) is 0 Å². The molecule has 1 amide bonds. The van der Waals surface area contributed by atoms with Gasteiger partial charge in [0.1, 0.15) is 5.78 Å². The second-order valence-corrected chi connectivity index (χ2v) is 5.24. The molecule has 0 rings (SSSR count). The third-order valence-corrected chi connectivity index (χ3v) is 2.68. The molecule has 0 heterocycles. The van der Waals surface area contributed by atoms with E-state index in [-0.39, 0.29) is 18.8 Å². The Balaban J connectivity index is 5.07. The summed E-state index contributed by atoms with van der Waals surface area (Å²) < 4.78 is 50.5. The zero-order valence-corrected chi connectivity index (χ0v) is 11.6. The summed E-state index contributed by atoms with van der Waals surface area (Å²) in [5.74, 6) is -7.53. The average molecular weight is 306 g/mol. The number of ketones is 1. The van der Waals surface area contributed by atoms with Gasteiger partial charge in [0.15, 0.2) is 0 Å². The van der Waals surface area contributed by atoms with Gasteiger partial charge in [-0.25, -0.2) is 8.78 Å². The van der Waals surface area contributed by atoms with Gasteiger partial charge in [-0.05, 0) is 20.8 Å². The maximum Gasteiger partial charge on any atom is 0.383 e. The summed E-state index contributed by atoms with van der Waals surface area (Å²) in [5.41, 5.74) is -1.11. The molecule has 3 nitrogen and oxygen atoms in total. The summed E-state index contributed by atoms with van der Waals surface area (Å²) in [6.45, 7) is 3.86. The molecule has 0 fully saturated rings. The lowest BCUT2D eigenvalue weighted by molar-refractivity contribution is -0.185. The molecule has 112 valence electrons. The van der Waals surface area contributed by atoms with Crippen molar-refractivity contribution in [2.45, 2.75) is 45.1 Å². The highest BCUT2D eigenvalue weighted by Gasteiger charge is 2.52. The van der Waals surface area contributed by atoms with Crippen LogP contribution in [-0.2, 0) is 9.59 Å². The Hall–Kier alpha value is -0.850. The number of amides is 1. The van der Waals surface area contributed by atoms with Gasteiger partial charge < -0.3 is 4.90 Å². The van der Waals surface area contributed by atoms with Gasteiger partial charge in [0, 0.05) is 18.5 Å². The van der Waals surface area contributed by atoms with E-state index in [0.717, 1.165) is 0 Å². The first kappa shape index (κ1) is 18.1. The molecular weight excluding hydrogens is 290 g/mol. The van der Waals surface area contributed by atoms with Gasteiger partial charge in [-0.2, -0.15) is 8.78 Å². The molecule has 0 radical (unpaired) electrons. The molecular formula is C11H16ClF4NO2. The van der Waals surface area contributed by atoms with Gasteiger partial charge in [0.2, 0.25) is 0 Å². The third-order valence-electron chi connectivity index (χ3n) is 2.38. The van der Waals surface area contributed by atoms with Gasteiger partial charge in [0.05, 0.1) is 5.88 Å². The fourth-order valence-electron chi connectivity index (χ4n) is 1.32. The molecule has 0 aliphatic rings. The average Bonchev–Trinajstić information content (AvgIpc) is 2.26. The van der Waals surface area contributed by atoms with E-state index in [1.54, 1.807) is 0 Å². The largest absolute Gasteiger partial charge is 0.383 e. The van der Waals surface area contributed by atoms with E-state index in [9.17, 15) is 27.2 Å². The predicted molar refractivity (Wildman–Crippen MR) is 62.8 cm³/mol. The number of rotatable bonds is 6. The summed E-state index contributed by atoms with van der Waals surface area (Å²) in [5, 5.41) is 0. The van der Waals surface area contributed by atoms with Crippen molar-refractivity contribution >= 4 is 23.3 Å². The van der Waals surface area contributed by atoms with Crippen LogP contribution in [0.25, 0.3) is 0 Å². The number of carbonyl (C=O) groups is 2. The number of carbonyl (C=O) groups excluding carboxylic acids is 2. The van der Waals surface area contributed by atoms with Crippen LogP contribution >= 0.6 is 11.6 Å². The molecule has 8 heteroatoms. The second-order valence-electron chi connectivity index (χ2n) is 4.97. The lowest BCUT2D eigenvalue weighted by Gasteiger charge is -2.37. The van der Waals surface area contributed by atoms with Crippen LogP contribution in [0.5, 0.6) is 0 Å². The molecule has 0 bridgehead atoms. The maximum absolute atomic E-state index is 13.1. The molecule has 0 atom stereocenters. The molecule has 0 spiro atoms. The van der Waals surface area contributed by atoms with E-state index in [0.29, 0.717) is 4.90 Å². The summed E-state index contributed by atoms with van der Waals surface area (Å²) in [6.07, 6.45) is -4.35. The van der Waals surface area contributed by atoms with Crippen molar-refractivity contribution in [3.8, 4) is 0 Å². The van der Waals surface area contributed by atoms with Crippen LogP contribution in [0.4, 0.5) is 17.6 Å². The van der Waals surface area contributed by atoms with Crippen molar-refractivity contribution in [1.29, 1.82) is 0 Å². The zero-order valence-electron chi connectivity index (χ0n) is 10.9. The van der Waals surface area contributed by atoms with Crippen LogP contribution in [0.3, 0.4) is 0 Å². The van der Waals surface area contributed by atoms with Gasteiger partial charge in [-0.3, -0.25) is 9.59 Å². The Morgan fingerprint density at radius 2 is 1.68 bits per heavy atom. The maximum atomic E-state index is 13.1. The van der Waals surface area contributed by atoms with Crippen LogP contribution in [0.15, 0.2) is 0 Å². The van der Waals surface area contributed by atoms with Gasteiger partial charge >= 0.3 is 12.3 Å². The van der Waals surface area contributed by atoms with Crippen LogP contribution < -0.4 is 0 Å². The van der Waals surface area contributed by atoms with Crippen LogP contribution in [0.2, 0.25) is 0 Å². The number of alkyl halides is 5. The minimum absolute atomic E-state index is 0.258. The highest BCUT2D eigenvalue weighted by Crippen LogP contribution is 2.28. The Morgan fingerprint density at radius 3 is 2.00 bits per heavy atom. The summed E-state index contributed by atoms with van der Waals surface area (Å²) in [6, 6.07) is 0.